The Kier molecular flexibility index (Phi) is 6.11. The average molecular weight is 396 g/mol. The van der Waals surface area contributed by atoms with E-state index < -0.39 is 51.9 Å². The number of thioether (sulfide) groups is 1. The molecule has 0 radical (unpaired) electrons. The number of carboxylic acids is 3. The van der Waals surface area contributed by atoms with Crippen LogP contribution in [0.15, 0.2) is 30.3 Å². The van der Waals surface area contributed by atoms with Crippen molar-refractivity contribution in [3.05, 3.63) is 35.9 Å². The van der Waals surface area contributed by atoms with Crippen LogP contribution in [-0.2, 0) is 19.2 Å². The zero-order valence-corrected chi connectivity index (χ0v) is 15.4. The van der Waals surface area contributed by atoms with E-state index in [9.17, 15) is 34.5 Å². The van der Waals surface area contributed by atoms with Crippen LogP contribution in [-0.4, -0.2) is 61.3 Å². The van der Waals surface area contributed by atoms with Crippen LogP contribution >= 0.6 is 11.8 Å². The highest BCUT2D eigenvalue weighted by Gasteiger charge is 2.49. The molecule has 1 aliphatic rings. The largest absolute Gasteiger partial charge is 0.480 e. The Bertz CT molecular complexity index is 753. The summed E-state index contributed by atoms with van der Waals surface area (Å²) in [5, 5.41) is 32.2. The van der Waals surface area contributed by atoms with E-state index in [2.05, 4.69) is 10.6 Å². The Morgan fingerprint density at radius 3 is 2.11 bits per heavy atom. The third kappa shape index (κ3) is 4.58. The minimum absolute atomic E-state index is 0.211. The topological polar surface area (TPSA) is 153 Å². The van der Waals surface area contributed by atoms with E-state index in [0.717, 1.165) is 11.8 Å². The number of rotatable bonds is 7. The standard InChI is InChI=1S/C17H20N2O7S/c1-17(2)11(16(25)26)19-13(27-17)10(15(23)24)18-12(20)9(14(21)22)8-6-4-3-5-7-8/h3-7,9-11,13,19H,1-2H3,(H,18,20)(H,21,22)(H,23,24)(H,25,26)/t9-,10-,11-,13+/m0/s1. The second-order valence-corrected chi connectivity index (χ2v) is 8.38. The lowest BCUT2D eigenvalue weighted by atomic mass is 9.98. The molecule has 0 bridgehead atoms. The van der Waals surface area contributed by atoms with Crippen LogP contribution in [0.25, 0.3) is 0 Å². The molecule has 0 unspecified atom stereocenters. The first-order chi connectivity index (χ1) is 12.5. The molecule has 0 saturated carbocycles. The van der Waals surface area contributed by atoms with Crippen molar-refractivity contribution in [1.29, 1.82) is 0 Å². The molecule has 0 spiro atoms. The minimum Gasteiger partial charge on any atom is -0.480 e. The quantitative estimate of drug-likeness (QED) is 0.410. The lowest BCUT2D eigenvalue weighted by Crippen LogP contribution is -2.55. The van der Waals surface area contributed by atoms with Crippen molar-refractivity contribution < 1.29 is 34.5 Å². The molecule has 1 saturated heterocycles. The molecular weight excluding hydrogens is 376 g/mol. The maximum absolute atomic E-state index is 12.5. The fourth-order valence-electron chi connectivity index (χ4n) is 2.88. The van der Waals surface area contributed by atoms with E-state index >= 15 is 0 Å². The summed E-state index contributed by atoms with van der Waals surface area (Å²) in [6, 6.07) is 5.20. The Balaban J connectivity index is 2.23. The van der Waals surface area contributed by atoms with Gasteiger partial charge in [0.25, 0.3) is 0 Å². The summed E-state index contributed by atoms with van der Waals surface area (Å²) >= 11 is 1.06. The molecular formula is C17H20N2O7S. The van der Waals surface area contributed by atoms with E-state index in [1.165, 1.54) is 12.1 Å². The van der Waals surface area contributed by atoms with E-state index in [0.29, 0.717) is 0 Å². The van der Waals surface area contributed by atoms with Gasteiger partial charge in [0.05, 0.1) is 5.37 Å². The molecule has 1 heterocycles. The molecule has 10 heteroatoms. The molecule has 0 aromatic heterocycles. The molecule has 4 atom stereocenters. The summed E-state index contributed by atoms with van der Waals surface area (Å²) < 4.78 is -0.819. The van der Waals surface area contributed by atoms with Gasteiger partial charge in [-0.2, -0.15) is 0 Å². The van der Waals surface area contributed by atoms with Gasteiger partial charge in [0, 0.05) is 4.75 Å². The molecule has 0 aliphatic carbocycles. The summed E-state index contributed by atoms with van der Waals surface area (Å²) in [6.45, 7) is 3.29. The Labute approximate surface area is 159 Å². The molecule has 146 valence electrons. The van der Waals surface area contributed by atoms with Gasteiger partial charge >= 0.3 is 17.9 Å². The zero-order chi connectivity index (χ0) is 20.4. The highest BCUT2D eigenvalue weighted by Crippen LogP contribution is 2.39. The van der Waals surface area contributed by atoms with Gasteiger partial charge in [0.15, 0.2) is 12.0 Å². The van der Waals surface area contributed by atoms with Crippen LogP contribution in [0.3, 0.4) is 0 Å². The fraction of sp³-hybridized carbons (Fsp3) is 0.412. The summed E-state index contributed by atoms with van der Waals surface area (Å²) in [5.74, 6) is -6.52. The SMILES string of the molecule is CC1(C)S[C@H]([C@H](NC(=O)[C@@H](C(=O)O)c2ccccc2)C(=O)O)N[C@H]1C(=O)O. The van der Waals surface area contributed by atoms with E-state index in [1.807, 2.05) is 0 Å². The van der Waals surface area contributed by atoms with Crippen LogP contribution in [0.4, 0.5) is 0 Å². The van der Waals surface area contributed by atoms with Crippen molar-refractivity contribution in [3.8, 4) is 0 Å². The second-order valence-electron chi connectivity index (χ2n) is 6.59. The van der Waals surface area contributed by atoms with Crippen LogP contribution in [0, 0.1) is 0 Å². The van der Waals surface area contributed by atoms with Gasteiger partial charge in [-0.15, -0.1) is 11.8 Å². The van der Waals surface area contributed by atoms with Crippen LogP contribution in [0.5, 0.6) is 0 Å². The monoisotopic (exact) mass is 396 g/mol. The third-order valence-electron chi connectivity index (χ3n) is 4.21. The molecule has 27 heavy (non-hydrogen) atoms. The number of hydrogen-bond acceptors (Lipinski definition) is 6. The van der Waals surface area contributed by atoms with Crippen molar-refractivity contribution in [2.75, 3.05) is 0 Å². The molecule has 5 N–H and O–H groups in total. The maximum Gasteiger partial charge on any atom is 0.328 e. The minimum atomic E-state index is -1.58. The summed E-state index contributed by atoms with van der Waals surface area (Å²) in [5.41, 5.74) is 0.211. The van der Waals surface area contributed by atoms with Gasteiger partial charge in [0.2, 0.25) is 5.91 Å². The zero-order valence-electron chi connectivity index (χ0n) is 14.6. The third-order valence-corrected chi connectivity index (χ3v) is 5.72. The summed E-state index contributed by atoms with van der Waals surface area (Å²) in [4.78, 5) is 47.1. The van der Waals surface area contributed by atoms with E-state index in [4.69, 9.17) is 0 Å². The van der Waals surface area contributed by atoms with E-state index in [1.54, 1.807) is 32.0 Å². The van der Waals surface area contributed by atoms with Crippen molar-refractivity contribution >= 4 is 35.6 Å². The van der Waals surface area contributed by atoms with Crippen molar-refractivity contribution in [2.24, 2.45) is 0 Å². The Morgan fingerprint density at radius 2 is 1.67 bits per heavy atom. The van der Waals surface area contributed by atoms with Gasteiger partial charge < -0.3 is 20.6 Å². The molecule has 1 amide bonds. The number of carboxylic acid groups (broad SMARTS) is 3. The predicted molar refractivity (Wildman–Crippen MR) is 96.4 cm³/mol. The molecule has 2 rings (SSSR count). The summed E-state index contributed by atoms with van der Waals surface area (Å²) in [7, 11) is 0. The number of hydrogen-bond donors (Lipinski definition) is 5. The summed E-state index contributed by atoms with van der Waals surface area (Å²) in [6.07, 6.45) is 0. The first kappa shape index (κ1) is 20.7. The number of carbonyl (C=O) groups excluding carboxylic acids is 1. The number of aliphatic carboxylic acids is 3. The molecule has 1 aliphatic heterocycles. The average Bonchev–Trinajstić information content (AvgIpc) is 2.88. The van der Waals surface area contributed by atoms with Crippen LogP contribution < -0.4 is 10.6 Å². The maximum atomic E-state index is 12.5. The normalized spacial score (nSPS) is 23.2. The number of benzene rings is 1. The van der Waals surface area contributed by atoms with Gasteiger partial charge in [-0.05, 0) is 19.4 Å². The predicted octanol–water partition coefficient (Wildman–Crippen LogP) is 0.319. The highest BCUT2D eigenvalue weighted by molar-refractivity contribution is 8.01. The van der Waals surface area contributed by atoms with Crippen LogP contribution in [0.1, 0.15) is 25.3 Å². The molecule has 1 aromatic carbocycles. The fourth-order valence-corrected chi connectivity index (χ4v) is 4.37. The number of amides is 1. The van der Waals surface area contributed by atoms with E-state index in [-0.39, 0.29) is 5.56 Å². The highest BCUT2D eigenvalue weighted by atomic mass is 32.2. The molecule has 1 fully saturated rings. The van der Waals surface area contributed by atoms with Gasteiger partial charge in [-0.3, -0.25) is 19.7 Å². The lowest BCUT2D eigenvalue weighted by molar-refractivity contribution is -0.147. The van der Waals surface area contributed by atoms with Crippen LogP contribution in [0.2, 0.25) is 0 Å². The first-order valence-electron chi connectivity index (χ1n) is 8.02. The van der Waals surface area contributed by atoms with Gasteiger partial charge in [-0.25, -0.2) is 4.79 Å². The van der Waals surface area contributed by atoms with Gasteiger partial charge in [-0.1, -0.05) is 30.3 Å². The van der Waals surface area contributed by atoms with Gasteiger partial charge in [0.1, 0.15) is 6.04 Å². The molecule has 9 nitrogen and oxygen atoms in total. The molecule has 1 aromatic rings. The van der Waals surface area contributed by atoms with Crippen molar-refractivity contribution in [3.63, 3.8) is 0 Å². The number of nitrogens with one attached hydrogen (secondary N) is 2. The first-order valence-corrected chi connectivity index (χ1v) is 8.90. The Hall–Kier alpha value is -2.59. The van der Waals surface area contributed by atoms with Crippen molar-refractivity contribution in [1.82, 2.24) is 10.6 Å². The smallest absolute Gasteiger partial charge is 0.328 e. The van der Waals surface area contributed by atoms with Crippen molar-refractivity contribution in [2.45, 2.75) is 42.0 Å². The second kappa shape index (κ2) is 7.97. The number of carbonyl (C=O) groups is 4. The lowest BCUT2D eigenvalue weighted by Gasteiger charge is -2.23. The Morgan fingerprint density at radius 1 is 1.07 bits per heavy atom.